The number of hydrogen-bond donors (Lipinski definition) is 0. The van der Waals surface area contributed by atoms with Crippen LogP contribution in [0.1, 0.15) is 30.1 Å². The van der Waals surface area contributed by atoms with E-state index in [1.807, 2.05) is 0 Å². The summed E-state index contributed by atoms with van der Waals surface area (Å²) in [4.78, 5) is 11.2. The molecule has 19 heavy (non-hydrogen) atoms. The summed E-state index contributed by atoms with van der Waals surface area (Å²) in [7, 11) is -3.11. The number of piperidine rings is 1. The fraction of sp³-hybridized carbons (Fsp3) is 0.667. The van der Waals surface area contributed by atoms with Crippen LogP contribution < -0.4 is 0 Å². The van der Waals surface area contributed by atoms with Crippen molar-refractivity contribution in [2.75, 3.05) is 19.3 Å². The van der Waals surface area contributed by atoms with Crippen molar-refractivity contribution in [3.8, 4) is 0 Å². The highest BCUT2D eigenvalue weighted by atomic mass is 32.2. The molecule has 0 aromatic carbocycles. The molecule has 1 aromatic rings. The van der Waals surface area contributed by atoms with Gasteiger partial charge in [0.1, 0.15) is 0 Å². The normalized spacial score (nSPS) is 21.5. The van der Waals surface area contributed by atoms with Crippen molar-refractivity contribution in [3.05, 3.63) is 18.0 Å². The van der Waals surface area contributed by atoms with E-state index in [1.165, 1.54) is 17.5 Å². The fourth-order valence-corrected chi connectivity index (χ4v) is 3.33. The Hall–Kier alpha value is -1.21. The minimum Gasteiger partial charge on any atom is -0.294 e. The second-order valence-electron chi connectivity index (χ2n) is 5.14. The van der Waals surface area contributed by atoms with Gasteiger partial charge in [-0.3, -0.25) is 9.48 Å². The van der Waals surface area contributed by atoms with Crippen molar-refractivity contribution >= 4 is 15.8 Å². The second kappa shape index (κ2) is 5.42. The molecule has 2 heterocycles. The first kappa shape index (κ1) is 14.2. The van der Waals surface area contributed by atoms with Crippen molar-refractivity contribution in [2.24, 2.45) is 5.92 Å². The Labute approximate surface area is 113 Å². The predicted molar refractivity (Wildman–Crippen MR) is 71.4 cm³/mol. The van der Waals surface area contributed by atoms with Gasteiger partial charge in [0.2, 0.25) is 10.0 Å². The van der Waals surface area contributed by atoms with E-state index in [-0.39, 0.29) is 11.7 Å². The van der Waals surface area contributed by atoms with Crippen LogP contribution in [0.4, 0.5) is 0 Å². The second-order valence-corrected chi connectivity index (χ2v) is 7.12. The number of carbonyl (C=O) groups excluding carboxylic acids is 1. The number of ketones is 1. The molecule has 0 saturated carbocycles. The summed E-state index contributed by atoms with van der Waals surface area (Å²) >= 11 is 0. The number of sulfonamides is 1. The minimum absolute atomic E-state index is 0.00680. The van der Waals surface area contributed by atoms with Gasteiger partial charge in [0, 0.05) is 25.8 Å². The summed E-state index contributed by atoms with van der Waals surface area (Å²) in [5.41, 5.74) is 0.593. The zero-order valence-corrected chi connectivity index (χ0v) is 12.1. The van der Waals surface area contributed by atoms with Crippen LogP contribution >= 0.6 is 0 Å². The quantitative estimate of drug-likeness (QED) is 0.766. The molecule has 2 rings (SSSR count). The molecule has 1 aliphatic heterocycles. The van der Waals surface area contributed by atoms with Crippen molar-refractivity contribution in [1.82, 2.24) is 14.1 Å². The average molecular weight is 285 g/mol. The van der Waals surface area contributed by atoms with Crippen LogP contribution in [0.3, 0.4) is 0 Å². The van der Waals surface area contributed by atoms with E-state index < -0.39 is 10.0 Å². The van der Waals surface area contributed by atoms with Crippen LogP contribution in [0.2, 0.25) is 0 Å². The van der Waals surface area contributed by atoms with Gasteiger partial charge in [-0.1, -0.05) is 0 Å². The van der Waals surface area contributed by atoms with Crippen LogP contribution in [-0.4, -0.2) is 47.6 Å². The molecule has 106 valence electrons. The lowest BCUT2D eigenvalue weighted by molar-refractivity contribution is 0.101. The smallest absolute Gasteiger partial charge is 0.211 e. The van der Waals surface area contributed by atoms with Gasteiger partial charge < -0.3 is 0 Å². The van der Waals surface area contributed by atoms with E-state index in [4.69, 9.17) is 0 Å². The summed E-state index contributed by atoms with van der Waals surface area (Å²) in [5, 5.41) is 4.15. The number of carbonyl (C=O) groups is 1. The number of nitrogens with zero attached hydrogens (tertiary/aromatic N) is 3. The Morgan fingerprint density at radius 2 is 2.26 bits per heavy atom. The Kier molecular flexibility index (Phi) is 4.05. The first-order chi connectivity index (χ1) is 8.86. The van der Waals surface area contributed by atoms with E-state index in [0.29, 0.717) is 25.2 Å². The molecule has 0 amide bonds. The van der Waals surface area contributed by atoms with Crippen LogP contribution in [0.25, 0.3) is 0 Å². The third-order valence-electron chi connectivity index (χ3n) is 3.44. The zero-order chi connectivity index (χ0) is 14.0. The Bertz CT molecular complexity index is 565. The standard InChI is InChI=1S/C12H19N3O3S/c1-10(16)12-6-13-14(9-12)7-11-4-3-5-15(8-11)19(2,17)18/h6,9,11H,3-5,7-8H2,1-2H3. The highest BCUT2D eigenvalue weighted by Crippen LogP contribution is 2.20. The molecular weight excluding hydrogens is 266 g/mol. The summed E-state index contributed by atoms with van der Waals surface area (Å²) < 4.78 is 26.3. The van der Waals surface area contributed by atoms with Crippen molar-refractivity contribution in [1.29, 1.82) is 0 Å². The van der Waals surface area contributed by atoms with Gasteiger partial charge in [0.25, 0.3) is 0 Å². The number of rotatable bonds is 4. The summed E-state index contributed by atoms with van der Waals surface area (Å²) in [5.74, 6) is 0.246. The zero-order valence-electron chi connectivity index (χ0n) is 11.2. The van der Waals surface area contributed by atoms with Crippen LogP contribution in [0.15, 0.2) is 12.4 Å². The SMILES string of the molecule is CC(=O)c1cnn(CC2CCCN(S(C)(=O)=O)C2)c1. The third kappa shape index (κ3) is 3.63. The van der Waals surface area contributed by atoms with Crippen LogP contribution in [0, 0.1) is 5.92 Å². The maximum Gasteiger partial charge on any atom is 0.211 e. The maximum atomic E-state index is 11.5. The van der Waals surface area contributed by atoms with Gasteiger partial charge in [-0.15, -0.1) is 0 Å². The molecule has 1 fully saturated rings. The van der Waals surface area contributed by atoms with Crippen molar-refractivity contribution < 1.29 is 13.2 Å². The molecule has 1 saturated heterocycles. The lowest BCUT2D eigenvalue weighted by atomic mass is 10.00. The Morgan fingerprint density at radius 1 is 1.53 bits per heavy atom. The summed E-state index contributed by atoms with van der Waals surface area (Å²) in [6, 6.07) is 0. The van der Waals surface area contributed by atoms with E-state index in [2.05, 4.69) is 5.10 Å². The largest absolute Gasteiger partial charge is 0.294 e. The minimum atomic E-state index is -3.11. The molecule has 1 aliphatic rings. The molecule has 1 atom stereocenters. The van der Waals surface area contributed by atoms with E-state index in [9.17, 15) is 13.2 Å². The predicted octanol–water partition coefficient (Wildman–Crippen LogP) is 0.757. The lowest BCUT2D eigenvalue weighted by Gasteiger charge is -2.30. The van der Waals surface area contributed by atoms with Crippen LogP contribution in [0.5, 0.6) is 0 Å². The molecule has 0 aliphatic carbocycles. The molecule has 1 aromatic heterocycles. The molecule has 7 heteroatoms. The molecule has 0 spiro atoms. The Balaban J connectivity index is 2.00. The molecule has 1 unspecified atom stereocenters. The number of Topliss-reactive ketones (excluding diaryl/α,β-unsaturated/α-hetero) is 1. The monoisotopic (exact) mass is 285 g/mol. The fourth-order valence-electron chi connectivity index (χ4n) is 2.39. The van der Waals surface area contributed by atoms with E-state index in [1.54, 1.807) is 17.1 Å². The molecule has 0 N–H and O–H groups in total. The highest BCUT2D eigenvalue weighted by molar-refractivity contribution is 7.88. The topological polar surface area (TPSA) is 72.3 Å². The lowest BCUT2D eigenvalue weighted by Crippen LogP contribution is -2.40. The average Bonchev–Trinajstić information content (AvgIpc) is 2.77. The highest BCUT2D eigenvalue weighted by Gasteiger charge is 2.26. The summed E-state index contributed by atoms with van der Waals surface area (Å²) in [6.07, 6.45) is 6.39. The van der Waals surface area contributed by atoms with Crippen molar-refractivity contribution in [2.45, 2.75) is 26.3 Å². The third-order valence-corrected chi connectivity index (χ3v) is 4.71. The first-order valence-corrected chi connectivity index (χ1v) is 8.19. The van der Waals surface area contributed by atoms with E-state index in [0.717, 1.165) is 12.8 Å². The van der Waals surface area contributed by atoms with Crippen molar-refractivity contribution in [3.63, 3.8) is 0 Å². The van der Waals surface area contributed by atoms with Gasteiger partial charge >= 0.3 is 0 Å². The maximum absolute atomic E-state index is 11.5. The van der Waals surface area contributed by atoms with Gasteiger partial charge in [-0.05, 0) is 25.7 Å². The van der Waals surface area contributed by atoms with Gasteiger partial charge in [0.15, 0.2) is 5.78 Å². The number of hydrogen-bond acceptors (Lipinski definition) is 4. The van der Waals surface area contributed by atoms with Gasteiger partial charge in [-0.2, -0.15) is 5.10 Å². The molecule has 0 radical (unpaired) electrons. The van der Waals surface area contributed by atoms with Gasteiger partial charge in [0.05, 0.1) is 18.0 Å². The first-order valence-electron chi connectivity index (χ1n) is 6.35. The number of aromatic nitrogens is 2. The molecule has 6 nitrogen and oxygen atoms in total. The van der Waals surface area contributed by atoms with Gasteiger partial charge in [-0.25, -0.2) is 12.7 Å². The van der Waals surface area contributed by atoms with Crippen LogP contribution in [-0.2, 0) is 16.6 Å². The summed E-state index contributed by atoms with van der Waals surface area (Å²) in [6.45, 7) is 3.30. The molecule has 0 bridgehead atoms. The Morgan fingerprint density at radius 3 is 2.84 bits per heavy atom. The molecular formula is C12H19N3O3S. The van der Waals surface area contributed by atoms with E-state index >= 15 is 0 Å².